The van der Waals surface area contributed by atoms with Crippen molar-refractivity contribution in [3.05, 3.63) is 88.3 Å². The normalized spacial score (nSPS) is 10.9. The van der Waals surface area contributed by atoms with Crippen LogP contribution in [-0.2, 0) is 4.74 Å². The van der Waals surface area contributed by atoms with Crippen LogP contribution in [0.5, 0.6) is 5.75 Å². The molecule has 8 heteroatoms. The topological polar surface area (TPSA) is 118 Å². The van der Waals surface area contributed by atoms with Gasteiger partial charge in [-0.2, -0.15) is 0 Å². The number of anilines is 2. The Morgan fingerprint density at radius 2 is 1.53 bits per heavy atom. The second-order valence-electron chi connectivity index (χ2n) is 8.43. The fourth-order valence-electron chi connectivity index (χ4n) is 3.77. The van der Waals surface area contributed by atoms with E-state index in [0.717, 1.165) is 25.7 Å². The monoisotopic (exact) mass is 490 g/mol. The van der Waals surface area contributed by atoms with Crippen LogP contribution < -0.4 is 21.6 Å². The third-order valence-corrected chi connectivity index (χ3v) is 5.58. The molecular formula is C28H27FN2O5. The molecule has 0 bridgehead atoms. The minimum atomic E-state index is -0.442. The van der Waals surface area contributed by atoms with Crippen LogP contribution in [0, 0.1) is 5.82 Å². The number of rotatable bonds is 10. The molecule has 0 radical (unpaired) electrons. The van der Waals surface area contributed by atoms with E-state index in [1.807, 2.05) is 0 Å². The molecule has 0 atom stereocenters. The van der Waals surface area contributed by atoms with E-state index >= 15 is 0 Å². The fourth-order valence-corrected chi connectivity index (χ4v) is 3.77. The molecule has 0 aliphatic heterocycles. The number of fused-ring (bicyclic) bond motifs is 1. The summed E-state index contributed by atoms with van der Waals surface area (Å²) in [5.41, 5.74) is 13.4. The van der Waals surface area contributed by atoms with Crippen LogP contribution in [0.15, 0.2) is 75.9 Å². The number of ether oxygens (including phenoxy) is 2. The highest BCUT2D eigenvalue weighted by molar-refractivity contribution is 5.91. The first kappa shape index (κ1) is 24.8. The molecular weight excluding hydrogens is 463 g/mol. The van der Waals surface area contributed by atoms with Crippen molar-refractivity contribution in [3.63, 3.8) is 0 Å². The highest BCUT2D eigenvalue weighted by Crippen LogP contribution is 2.25. The summed E-state index contributed by atoms with van der Waals surface area (Å²) in [4.78, 5) is 24.7. The maximum absolute atomic E-state index is 13.2. The number of nitrogens with two attached hydrogens (primary N) is 2. The minimum absolute atomic E-state index is 0.198. The van der Waals surface area contributed by atoms with E-state index in [0.29, 0.717) is 58.2 Å². The Hall–Kier alpha value is -4.33. The lowest BCUT2D eigenvalue weighted by Crippen LogP contribution is -2.08. The van der Waals surface area contributed by atoms with E-state index in [-0.39, 0.29) is 11.2 Å². The lowest BCUT2D eigenvalue weighted by atomic mass is 10.1. The quantitative estimate of drug-likeness (QED) is 0.170. The van der Waals surface area contributed by atoms with Crippen molar-refractivity contribution in [2.75, 3.05) is 24.7 Å². The van der Waals surface area contributed by atoms with Gasteiger partial charge in [0.2, 0.25) is 0 Å². The van der Waals surface area contributed by atoms with Crippen molar-refractivity contribution in [2.24, 2.45) is 0 Å². The Morgan fingerprint density at radius 3 is 2.25 bits per heavy atom. The van der Waals surface area contributed by atoms with E-state index in [1.54, 1.807) is 36.4 Å². The second-order valence-corrected chi connectivity index (χ2v) is 8.43. The highest BCUT2D eigenvalue weighted by Gasteiger charge is 2.10. The molecule has 0 saturated heterocycles. The van der Waals surface area contributed by atoms with Crippen LogP contribution in [0.1, 0.15) is 36.0 Å². The van der Waals surface area contributed by atoms with Gasteiger partial charge in [-0.05, 0) is 86.3 Å². The second kappa shape index (κ2) is 11.4. The molecule has 0 aliphatic rings. The summed E-state index contributed by atoms with van der Waals surface area (Å²) in [6, 6.07) is 16.9. The molecule has 0 unspecified atom stereocenters. The van der Waals surface area contributed by atoms with Gasteiger partial charge in [-0.25, -0.2) is 9.18 Å². The Kier molecular flexibility index (Phi) is 7.85. The van der Waals surface area contributed by atoms with Crippen molar-refractivity contribution in [1.82, 2.24) is 0 Å². The Balaban J connectivity index is 1.20. The molecule has 36 heavy (non-hydrogen) atoms. The summed E-state index contributed by atoms with van der Waals surface area (Å²) in [5.74, 6) is 0.165. The molecule has 1 aromatic heterocycles. The number of hydrogen-bond acceptors (Lipinski definition) is 7. The maximum atomic E-state index is 13.2. The molecule has 0 saturated carbocycles. The van der Waals surface area contributed by atoms with Crippen LogP contribution >= 0.6 is 0 Å². The smallest absolute Gasteiger partial charge is 0.338 e. The lowest BCUT2D eigenvalue weighted by molar-refractivity contribution is 0.0497. The van der Waals surface area contributed by atoms with Crippen molar-refractivity contribution in [2.45, 2.75) is 25.7 Å². The summed E-state index contributed by atoms with van der Waals surface area (Å²) < 4.78 is 30.1. The van der Waals surface area contributed by atoms with Crippen LogP contribution in [0.3, 0.4) is 0 Å². The zero-order chi connectivity index (χ0) is 25.5. The SMILES string of the molecule is Nc1cc(N)cc(C(=O)OCCCCCCOc2ccc3oc(-c4ccc(F)cc4)cc(=O)c3c2)c1. The van der Waals surface area contributed by atoms with Crippen molar-refractivity contribution < 1.29 is 23.1 Å². The van der Waals surface area contributed by atoms with Gasteiger partial charge in [-0.1, -0.05) is 0 Å². The zero-order valence-electron chi connectivity index (χ0n) is 19.7. The number of nitrogen functional groups attached to an aromatic ring is 2. The van der Waals surface area contributed by atoms with E-state index in [2.05, 4.69) is 0 Å². The molecule has 0 aliphatic carbocycles. The number of hydrogen-bond donors (Lipinski definition) is 2. The summed E-state index contributed by atoms with van der Waals surface area (Å²) in [6.45, 7) is 0.807. The Bertz CT molecular complexity index is 1400. The molecule has 7 nitrogen and oxygen atoms in total. The minimum Gasteiger partial charge on any atom is -0.494 e. The predicted molar refractivity (Wildman–Crippen MR) is 137 cm³/mol. The van der Waals surface area contributed by atoms with Gasteiger partial charge in [0, 0.05) is 23.0 Å². The standard InChI is InChI=1S/C28H27FN2O5/c29-20-7-5-18(6-8-20)27-17-25(32)24-16-23(9-10-26(24)36-27)34-11-3-1-2-4-12-35-28(33)19-13-21(30)15-22(31)14-19/h5-10,13-17H,1-4,11-12,30-31H2. The molecule has 4 N–H and O–H groups in total. The third kappa shape index (κ3) is 6.41. The van der Waals surface area contributed by atoms with Gasteiger partial charge in [0.1, 0.15) is 22.9 Å². The van der Waals surface area contributed by atoms with Gasteiger partial charge < -0.3 is 25.4 Å². The zero-order valence-corrected chi connectivity index (χ0v) is 19.7. The average molecular weight is 491 g/mol. The molecule has 1 heterocycles. The van der Waals surface area contributed by atoms with Crippen LogP contribution in [0.4, 0.5) is 15.8 Å². The summed E-state index contributed by atoms with van der Waals surface area (Å²) in [6.07, 6.45) is 3.33. The van der Waals surface area contributed by atoms with Crippen LogP contribution in [0.25, 0.3) is 22.3 Å². The first-order valence-electron chi connectivity index (χ1n) is 11.7. The number of carbonyl (C=O) groups excluding carboxylic acids is 1. The first-order valence-corrected chi connectivity index (χ1v) is 11.7. The van der Waals surface area contributed by atoms with E-state index < -0.39 is 5.97 Å². The molecule has 3 aromatic carbocycles. The molecule has 4 rings (SSSR count). The summed E-state index contributed by atoms with van der Waals surface area (Å²) in [7, 11) is 0. The van der Waals surface area contributed by atoms with Crippen molar-refractivity contribution in [3.8, 4) is 17.1 Å². The predicted octanol–water partition coefficient (Wildman–Crippen LogP) is 5.56. The molecule has 186 valence electrons. The number of halogens is 1. The van der Waals surface area contributed by atoms with Gasteiger partial charge in [0.05, 0.1) is 24.2 Å². The summed E-state index contributed by atoms with van der Waals surface area (Å²) >= 11 is 0. The summed E-state index contributed by atoms with van der Waals surface area (Å²) in [5, 5.41) is 0.419. The highest BCUT2D eigenvalue weighted by atomic mass is 19.1. The Morgan fingerprint density at radius 1 is 0.833 bits per heavy atom. The van der Waals surface area contributed by atoms with Gasteiger partial charge in [0.25, 0.3) is 0 Å². The largest absolute Gasteiger partial charge is 0.494 e. The molecule has 4 aromatic rings. The average Bonchev–Trinajstić information content (AvgIpc) is 2.85. The van der Waals surface area contributed by atoms with Crippen molar-refractivity contribution in [1.29, 1.82) is 0 Å². The third-order valence-electron chi connectivity index (χ3n) is 5.58. The maximum Gasteiger partial charge on any atom is 0.338 e. The fraction of sp³-hybridized carbons (Fsp3) is 0.214. The lowest BCUT2D eigenvalue weighted by Gasteiger charge is -2.08. The molecule has 0 fully saturated rings. The van der Waals surface area contributed by atoms with E-state index in [1.165, 1.54) is 30.3 Å². The number of unbranched alkanes of at least 4 members (excludes halogenated alkanes) is 3. The van der Waals surface area contributed by atoms with Gasteiger partial charge in [-0.3, -0.25) is 4.79 Å². The van der Waals surface area contributed by atoms with Crippen molar-refractivity contribution >= 4 is 28.3 Å². The Labute approximate surface area is 207 Å². The van der Waals surface area contributed by atoms with Gasteiger partial charge in [0.15, 0.2) is 5.43 Å². The number of benzene rings is 3. The number of carbonyl (C=O) groups is 1. The van der Waals surface area contributed by atoms with Gasteiger partial charge >= 0.3 is 5.97 Å². The van der Waals surface area contributed by atoms with Crippen LogP contribution in [0.2, 0.25) is 0 Å². The number of esters is 1. The van der Waals surface area contributed by atoms with E-state index in [9.17, 15) is 14.0 Å². The van der Waals surface area contributed by atoms with Gasteiger partial charge in [-0.15, -0.1) is 0 Å². The molecule has 0 spiro atoms. The molecule has 0 amide bonds. The van der Waals surface area contributed by atoms with E-state index in [4.69, 9.17) is 25.4 Å². The first-order chi connectivity index (χ1) is 17.4. The van der Waals surface area contributed by atoms with Crippen LogP contribution in [-0.4, -0.2) is 19.2 Å².